The summed E-state index contributed by atoms with van der Waals surface area (Å²) in [7, 11) is 1.75. The van der Waals surface area contributed by atoms with Crippen molar-refractivity contribution >= 4 is 23.2 Å². The molecule has 0 aromatic heterocycles. The molecule has 38 heavy (non-hydrogen) atoms. The van der Waals surface area contributed by atoms with Crippen molar-refractivity contribution in [2.75, 3.05) is 36.5 Å². The molecule has 200 valence electrons. The van der Waals surface area contributed by atoms with E-state index in [1.165, 1.54) is 29.7 Å². The Kier molecular flexibility index (Phi) is 7.61. The minimum absolute atomic E-state index is 0.341. The molecule has 0 unspecified atom stereocenters. The van der Waals surface area contributed by atoms with Crippen LogP contribution in [0, 0.1) is 0 Å². The van der Waals surface area contributed by atoms with Crippen LogP contribution < -0.4 is 14.5 Å². The fraction of sp³-hybridized carbons (Fsp3) is 0.406. The zero-order chi connectivity index (χ0) is 26.7. The van der Waals surface area contributed by atoms with Crippen LogP contribution in [0.1, 0.15) is 44.7 Å². The van der Waals surface area contributed by atoms with Crippen molar-refractivity contribution in [2.24, 2.45) is 0 Å². The number of benzene rings is 3. The van der Waals surface area contributed by atoms with Gasteiger partial charge in [0.2, 0.25) is 0 Å². The summed E-state index contributed by atoms with van der Waals surface area (Å²) in [6.07, 6.45) is 3.05. The van der Waals surface area contributed by atoms with Crippen molar-refractivity contribution in [2.45, 2.75) is 58.3 Å². The first-order valence-electron chi connectivity index (χ1n) is 13.7. The maximum atomic E-state index is 12.4. The molecule has 1 amide bonds. The van der Waals surface area contributed by atoms with Gasteiger partial charge in [0.05, 0.1) is 5.69 Å². The Morgan fingerprint density at radius 1 is 1.00 bits per heavy atom. The fourth-order valence-electron chi connectivity index (χ4n) is 5.38. The van der Waals surface area contributed by atoms with Gasteiger partial charge in [0.25, 0.3) is 0 Å². The maximum Gasteiger partial charge on any atom is 0.414 e. The van der Waals surface area contributed by atoms with Gasteiger partial charge in [-0.1, -0.05) is 42.5 Å². The average Bonchev–Trinajstić information content (AvgIpc) is 3.29. The van der Waals surface area contributed by atoms with Crippen molar-refractivity contribution in [1.29, 1.82) is 0 Å². The molecule has 6 nitrogen and oxygen atoms in total. The number of likely N-dealkylation sites (tertiary alicyclic amines) is 1. The lowest BCUT2D eigenvalue weighted by atomic mass is 10.1. The molecule has 5 rings (SSSR count). The third-order valence-corrected chi connectivity index (χ3v) is 7.39. The molecular weight excluding hydrogens is 474 g/mol. The summed E-state index contributed by atoms with van der Waals surface area (Å²) in [6.45, 7) is 9.31. The van der Waals surface area contributed by atoms with E-state index in [0.29, 0.717) is 12.6 Å². The number of para-hydroxylation sites is 3. The number of carbonyl (C=O) groups is 1. The molecular formula is C32H39N3O3. The first-order valence-corrected chi connectivity index (χ1v) is 13.7. The molecule has 0 N–H and O–H groups in total. The van der Waals surface area contributed by atoms with Gasteiger partial charge < -0.3 is 14.4 Å². The van der Waals surface area contributed by atoms with E-state index in [0.717, 1.165) is 43.2 Å². The Morgan fingerprint density at radius 3 is 2.47 bits per heavy atom. The molecule has 1 saturated heterocycles. The van der Waals surface area contributed by atoms with Crippen LogP contribution in [0.25, 0.3) is 0 Å². The minimum Gasteiger partial charge on any atom is -0.487 e. The maximum absolute atomic E-state index is 12.4. The van der Waals surface area contributed by atoms with Gasteiger partial charge in [0, 0.05) is 43.1 Å². The van der Waals surface area contributed by atoms with Crippen LogP contribution in [0.5, 0.6) is 5.75 Å². The van der Waals surface area contributed by atoms with Crippen molar-refractivity contribution in [3.63, 3.8) is 0 Å². The molecule has 0 aliphatic carbocycles. The number of hydrogen-bond acceptors (Lipinski definition) is 5. The Balaban J connectivity index is 1.25. The van der Waals surface area contributed by atoms with Crippen LogP contribution in [0.3, 0.4) is 0 Å². The van der Waals surface area contributed by atoms with Gasteiger partial charge in [-0.05, 0) is 82.5 Å². The predicted octanol–water partition coefficient (Wildman–Crippen LogP) is 6.80. The third-order valence-electron chi connectivity index (χ3n) is 7.39. The van der Waals surface area contributed by atoms with Crippen LogP contribution >= 0.6 is 0 Å². The quantitative estimate of drug-likeness (QED) is 0.363. The Hall–Kier alpha value is -3.51. The first-order chi connectivity index (χ1) is 18.3. The Bertz CT molecular complexity index is 1200. The zero-order valence-electron chi connectivity index (χ0n) is 23.0. The fourth-order valence-corrected chi connectivity index (χ4v) is 5.38. The Morgan fingerprint density at radius 2 is 1.71 bits per heavy atom. The molecule has 0 radical (unpaired) electrons. The average molecular weight is 514 g/mol. The van der Waals surface area contributed by atoms with Gasteiger partial charge in [-0.3, -0.25) is 9.80 Å². The normalized spacial score (nSPS) is 17.3. The number of rotatable bonds is 6. The number of fused-ring (bicyclic) bond motifs is 2. The summed E-state index contributed by atoms with van der Waals surface area (Å²) in [6, 6.07) is 25.7. The lowest BCUT2D eigenvalue weighted by molar-refractivity contribution is 0.0589. The van der Waals surface area contributed by atoms with Crippen molar-refractivity contribution in [3.8, 4) is 5.75 Å². The van der Waals surface area contributed by atoms with E-state index < -0.39 is 5.60 Å². The largest absolute Gasteiger partial charge is 0.487 e. The molecule has 3 aromatic carbocycles. The first kappa shape index (κ1) is 26.1. The smallest absolute Gasteiger partial charge is 0.414 e. The van der Waals surface area contributed by atoms with E-state index in [2.05, 4.69) is 64.4 Å². The second-order valence-corrected chi connectivity index (χ2v) is 11.3. The molecule has 2 aliphatic heterocycles. The van der Waals surface area contributed by atoms with E-state index in [1.807, 2.05) is 39.0 Å². The molecule has 6 heteroatoms. The van der Waals surface area contributed by atoms with Gasteiger partial charge in [-0.15, -0.1) is 0 Å². The van der Waals surface area contributed by atoms with Crippen molar-refractivity contribution in [1.82, 2.24) is 4.90 Å². The van der Waals surface area contributed by atoms with Crippen molar-refractivity contribution < 1.29 is 14.3 Å². The molecule has 2 heterocycles. The molecule has 1 atom stereocenters. The van der Waals surface area contributed by atoms with E-state index in [1.54, 1.807) is 11.9 Å². The summed E-state index contributed by atoms with van der Waals surface area (Å²) < 4.78 is 11.7. The lowest BCUT2D eigenvalue weighted by Gasteiger charge is -2.32. The second kappa shape index (κ2) is 11.1. The van der Waals surface area contributed by atoms with E-state index in [-0.39, 0.29) is 6.09 Å². The van der Waals surface area contributed by atoms with Gasteiger partial charge in [0.1, 0.15) is 18.0 Å². The summed E-state index contributed by atoms with van der Waals surface area (Å²) in [5.74, 6) is 0.949. The van der Waals surface area contributed by atoms with Crippen molar-refractivity contribution in [3.05, 3.63) is 83.9 Å². The van der Waals surface area contributed by atoms with E-state index in [4.69, 9.17) is 9.47 Å². The van der Waals surface area contributed by atoms with Gasteiger partial charge >= 0.3 is 6.09 Å². The van der Waals surface area contributed by atoms with E-state index >= 15 is 0 Å². The van der Waals surface area contributed by atoms with E-state index in [9.17, 15) is 4.79 Å². The van der Waals surface area contributed by atoms with Gasteiger partial charge in [-0.25, -0.2) is 4.79 Å². The molecule has 0 saturated carbocycles. The molecule has 0 bridgehead atoms. The summed E-state index contributed by atoms with van der Waals surface area (Å²) in [4.78, 5) is 19.1. The second-order valence-electron chi connectivity index (χ2n) is 11.3. The minimum atomic E-state index is -0.512. The number of ether oxygens (including phenoxy) is 2. The number of amides is 1. The number of hydrogen-bond donors (Lipinski definition) is 0. The molecule has 0 spiro atoms. The topological polar surface area (TPSA) is 45.2 Å². The highest BCUT2D eigenvalue weighted by Gasteiger charge is 2.30. The highest BCUT2D eigenvalue weighted by atomic mass is 16.6. The summed E-state index contributed by atoms with van der Waals surface area (Å²) in [5.41, 5.74) is 5.22. The van der Waals surface area contributed by atoms with Crippen LogP contribution in [-0.4, -0.2) is 49.3 Å². The molecule has 3 aromatic rings. The zero-order valence-corrected chi connectivity index (χ0v) is 23.0. The standard InChI is InChI=1S/C32H39N3O3/c1-32(2,3)38-31(36)33(4)26-17-15-24(16-18-26)19-21-34-20-9-11-27(34)22-35-28-12-6-5-10-25(28)23-37-30-14-8-7-13-29(30)35/h5-8,10,12-18,27H,9,11,19-23H2,1-4H3/t27-/m1/s1. The summed E-state index contributed by atoms with van der Waals surface area (Å²) >= 11 is 0. The van der Waals surface area contributed by atoms with Crippen LogP contribution in [0.4, 0.5) is 21.9 Å². The number of carbonyl (C=O) groups excluding carboxylic acids is 1. The molecule has 2 aliphatic rings. The SMILES string of the molecule is CN(C(=O)OC(C)(C)C)c1ccc(CCN2CCC[C@@H]2CN2c3ccccc3COc3ccccc32)cc1. The monoisotopic (exact) mass is 513 g/mol. The third kappa shape index (κ3) is 5.97. The molecule has 1 fully saturated rings. The van der Waals surface area contributed by atoms with Crippen LogP contribution in [0.2, 0.25) is 0 Å². The summed E-state index contributed by atoms with van der Waals surface area (Å²) in [5, 5.41) is 0. The van der Waals surface area contributed by atoms with Gasteiger partial charge in [0.15, 0.2) is 0 Å². The highest BCUT2D eigenvalue weighted by molar-refractivity contribution is 5.87. The van der Waals surface area contributed by atoms with Crippen LogP contribution in [0.15, 0.2) is 72.8 Å². The predicted molar refractivity (Wildman–Crippen MR) is 154 cm³/mol. The highest BCUT2D eigenvalue weighted by Crippen LogP contribution is 2.40. The van der Waals surface area contributed by atoms with Crippen LogP contribution in [-0.2, 0) is 17.8 Å². The number of nitrogens with zero attached hydrogens (tertiary/aromatic N) is 3. The number of anilines is 3. The Labute approximate surface area is 226 Å². The van der Waals surface area contributed by atoms with Gasteiger partial charge in [-0.2, -0.15) is 0 Å². The lowest BCUT2D eigenvalue weighted by Crippen LogP contribution is -2.39.